The van der Waals surface area contributed by atoms with Gasteiger partial charge in [0.15, 0.2) is 0 Å². The molecule has 1 N–H and O–H groups in total. The number of amides is 1. The number of hydrogen-bond acceptors (Lipinski definition) is 2. The van der Waals surface area contributed by atoms with Crippen LogP contribution in [0.5, 0.6) is 0 Å². The van der Waals surface area contributed by atoms with Gasteiger partial charge in [0.25, 0.3) is 5.91 Å². The van der Waals surface area contributed by atoms with Crippen LogP contribution in [0.3, 0.4) is 0 Å². The van der Waals surface area contributed by atoms with Crippen molar-refractivity contribution in [3.63, 3.8) is 0 Å². The Labute approximate surface area is 179 Å². The smallest absolute Gasteiger partial charge is 0.266 e. The third kappa shape index (κ3) is 4.33. The highest BCUT2D eigenvalue weighted by Crippen LogP contribution is 2.25. The van der Waals surface area contributed by atoms with E-state index in [-0.39, 0.29) is 5.57 Å². The molecule has 1 amide bonds. The average Bonchev–Trinajstić information content (AvgIpc) is 2.97. The topological polar surface area (TPSA) is 57.8 Å². The van der Waals surface area contributed by atoms with Gasteiger partial charge in [-0.05, 0) is 86.9 Å². The predicted molar refractivity (Wildman–Crippen MR) is 121 cm³/mol. The third-order valence-corrected chi connectivity index (χ3v) is 5.60. The highest BCUT2D eigenvalue weighted by molar-refractivity contribution is 9.10. The SMILES string of the molecule is Cc1cccc(NC(=O)/C(C#N)=C\c2cc(C)n(-c3ccc(Br)cc3)c2C)c1C. The third-order valence-electron chi connectivity index (χ3n) is 5.07. The molecule has 0 aliphatic heterocycles. The van der Waals surface area contributed by atoms with Crippen LogP contribution in [0.1, 0.15) is 28.1 Å². The van der Waals surface area contributed by atoms with Crippen molar-refractivity contribution in [2.75, 3.05) is 5.32 Å². The number of hydrogen-bond donors (Lipinski definition) is 1. The lowest BCUT2D eigenvalue weighted by Gasteiger charge is -2.10. The van der Waals surface area contributed by atoms with Gasteiger partial charge < -0.3 is 9.88 Å². The van der Waals surface area contributed by atoms with Crippen molar-refractivity contribution in [2.24, 2.45) is 0 Å². The molecule has 3 rings (SSSR count). The summed E-state index contributed by atoms with van der Waals surface area (Å²) in [6, 6.07) is 17.8. The van der Waals surface area contributed by atoms with Crippen LogP contribution in [-0.2, 0) is 4.79 Å². The molecule has 0 bridgehead atoms. The van der Waals surface area contributed by atoms with E-state index in [1.165, 1.54) is 0 Å². The molecule has 2 aromatic carbocycles. The maximum atomic E-state index is 12.7. The molecule has 146 valence electrons. The molecule has 0 aliphatic carbocycles. The summed E-state index contributed by atoms with van der Waals surface area (Å²) in [5.41, 5.74) is 6.74. The molecule has 3 aromatic rings. The van der Waals surface area contributed by atoms with Gasteiger partial charge in [-0.2, -0.15) is 5.26 Å². The van der Waals surface area contributed by atoms with Crippen molar-refractivity contribution < 1.29 is 4.79 Å². The number of carbonyl (C=O) groups excluding carboxylic acids is 1. The van der Waals surface area contributed by atoms with Crippen molar-refractivity contribution in [3.05, 3.63) is 86.7 Å². The fourth-order valence-electron chi connectivity index (χ4n) is 3.30. The molecule has 0 fully saturated rings. The minimum atomic E-state index is -0.408. The highest BCUT2D eigenvalue weighted by Gasteiger charge is 2.15. The van der Waals surface area contributed by atoms with E-state index in [2.05, 4.69) is 25.8 Å². The number of benzene rings is 2. The van der Waals surface area contributed by atoms with Gasteiger partial charge in [0.05, 0.1) is 0 Å². The van der Waals surface area contributed by atoms with Crippen LogP contribution in [-0.4, -0.2) is 10.5 Å². The summed E-state index contributed by atoms with van der Waals surface area (Å²) >= 11 is 3.46. The molecule has 4 nitrogen and oxygen atoms in total. The van der Waals surface area contributed by atoms with Crippen LogP contribution in [0.4, 0.5) is 5.69 Å². The second kappa shape index (κ2) is 8.50. The Bertz CT molecular complexity index is 1150. The second-order valence-electron chi connectivity index (χ2n) is 7.01. The molecule has 0 saturated heterocycles. The fourth-order valence-corrected chi connectivity index (χ4v) is 3.57. The Kier molecular flexibility index (Phi) is 6.05. The maximum Gasteiger partial charge on any atom is 0.266 e. The molecule has 0 radical (unpaired) electrons. The zero-order valence-corrected chi connectivity index (χ0v) is 18.5. The molecule has 0 saturated carbocycles. The van der Waals surface area contributed by atoms with E-state index in [1.807, 2.05) is 82.3 Å². The molecule has 0 unspecified atom stereocenters. The van der Waals surface area contributed by atoms with Crippen molar-refractivity contribution in [1.82, 2.24) is 4.57 Å². The first-order valence-corrected chi connectivity index (χ1v) is 10.1. The predicted octanol–water partition coefficient (Wildman–Crippen LogP) is 6.02. The van der Waals surface area contributed by atoms with Gasteiger partial charge in [-0.3, -0.25) is 4.79 Å². The van der Waals surface area contributed by atoms with Crippen LogP contribution in [0.15, 0.2) is 58.6 Å². The Morgan fingerprint density at radius 2 is 1.79 bits per heavy atom. The van der Waals surface area contributed by atoms with Crippen LogP contribution >= 0.6 is 15.9 Å². The molecule has 1 aromatic heterocycles. The van der Waals surface area contributed by atoms with Gasteiger partial charge in [0.2, 0.25) is 0 Å². The molecule has 5 heteroatoms. The maximum absolute atomic E-state index is 12.7. The molecular weight excluding hydrogens is 426 g/mol. The highest BCUT2D eigenvalue weighted by atomic mass is 79.9. The van der Waals surface area contributed by atoms with Crippen molar-refractivity contribution in [1.29, 1.82) is 5.26 Å². The van der Waals surface area contributed by atoms with E-state index in [1.54, 1.807) is 6.08 Å². The number of halogens is 1. The van der Waals surface area contributed by atoms with Crippen LogP contribution in [0.2, 0.25) is 0 Å². The Morgan fingerprint density at radius 3 is 2.45 bits per heavy atom. The number of rotatable bonds is 4. The Morgan fingerprint density at radius 1 is 1.10 bits per heavy atom. The first-order chi connectivity index (χ1) is 13.8. The molecule has 0 spiro atoms. The number of nitrogens with zero attached hydrogens (tertiary/aromatic N) is 2. The summed E-state index contributed by atoms with van der Waals surface area (Å²) in [5, 5.41) is 12.4. The second-order valence-corrected chi connectivity index (χ2v) is 7.93. The number of carbonyl (C=O) groups is 1. The Balaban J connectivity index is 1.94. The minimum Gasteiger partial charge on any atom is -0.321 e. The van der Waals surface area contributed by atoms with E-state index in [9.17, 15) is 10.1 Å². The Hall–Kier alpha value is -3.10. The number of nitrogens with one attached hydrogen (secondary N) is 1. The van der Waals surface area contributed by atoms with Gasteiger partial charge in [0.1, 0.15) is 11.6 Å². The molecule has 29 heavy (non-hydrogen) atoms. The van der Waals surface area contributed by atoms with Gasteiger partial charge >= 0.3 is 0 Å². The normalized spacial score (nSPS) is 11.2. The van der Waals surface area contributed by atoms with Gasteiger partial charge in [-0.1, -0.05) is 28.1 Å². The van der Waals surface area contributed by atoms with E-state index < -0.39 is 5.91 Å². The van der Waals surface area contributed by atoms with Gasteiger partial charge in [0, 0.05) is 27.2 Å². The quantitative estimate of drug-likeness (QED) is 0.392. The number of anilines is 1. The van der Waals surface area contributed by atoms with Crippen LogP contribution in [0.25, 0.3) is 11.8 Å². The number of nitriles is 1. The van der Waals surface area contributed by atoms with E-state index in [0.717, 1.165) is 43.9 Å². The lowest BCUT2D eigenvalue weighted by atomic mass is 10.1. The first-order valence-electron chi connectivity index (χ1n) is 9.26. The lowest BCUT2D eigenvalue weighted by molar-refractivity contribution is -0.112. The lowest BCUT2D eigenvalue weighted by Crippen LogP contribution is -2.14. The van der Waals surface area contributed by atoms with Crippen LogP contribution < -0.4 is 5.32 Å². The van der Waals surface area contributed by atoms with Crippen molar-refractivity contribution in [2.45, 2.75) is 27.7 Å². The summed E-state index contributed by atoms with van der Waals surface area (Å²) in [7, 11) is 0. The number of aryl methyl sites for hydroxylation is 2. The standard InChI is InChI=1S/C24H22BrN3O/c1-15-6-5-7-23(17(15)3)27-24(29)20(14-26)13-19-12-16(2)28(18(19)4)22-10-8-21(25)9-11-22/h5-13H,1-4H3,(H,27,29)/b20-13-. The monoisotopic (exact) mass is 447 g/mol. The summed E-state index contributed by atoms with van der Waals surface area (Å²) in [6.45, 7) is 7.93. The number of aromatic nitrogens is 1. The average molecular weight is 448 g/mol. The largest absolute Gasteiger partial charge is 0.321 e. The van der Waals surface area contributed by atoms with Crippen molar-refractivity contribution >= 4 is 33.6 Å². The van der Waals surface area contributed by atoms with E-state index in [0.29, 0.717) is 0 Å². The zero-order chi connectivity index (χ0) is 21.1. The van der Waals surface area contributed by atoms with Gasteiger partial charge in [-0.25, -0.2) is 0 Å². The summed E-state index contributed by atoms with van der Waals surface area (Å²) < 4.78 is 3.12. The summed E-state index contributed by atoms with van der Waals surface area (Å²) in [4.78, 5) is 12.7. The summed E-state index contributed by atoms with van der Waals surface area (Å²) in [6.07, 6.45) is 1.65. The first kappa shape index (κ1) is 20.6. The fraction of sp³-hybridized carbons (Fsp3) is 0.167. The van der Waals surface area contributed by atoms with Crippen molar-refractivity contribution in [3.8, 4) is 11.8 Å². The molecule has 0 aliphatic rings. The van der Waals surface area contributed by atoms with Crippen LogP contribution in [0, 0.1) is 39.0 Å². The molecular formula is C24H22BrN3O. The van der Waals surface area contributed by atoms with E-state index >= 15 is 0 Å². The van der Waals surface area contributed by atoms with Gasteiger partial charge in [-0.15, -0.1) is 0 Å². The van der Waals surface area contributed by atoms with E-state index in [4.69, 9.17) is 0 Å². The molecule has 0 atom stereocenters. The summed E-state index contributed by atoms with van der Waals surface area (Å²) in [5.74, 6) is -0.408. The molecule has 1 heterocycles. The minimum absolute atomic E-state index is 0.0713. The zero-order valence-electron chi connectivity index (χ0n) is 16.9.